The van der Waals surface area contributed by atoms with Gasteiger partial charge in [-0.25, -0.2) is 4.79 Å². The molecule has 1 N–H and O–H groups in total. The van der Waals surface area contributed by atoms with Gasteiger partial charge < -0.3 is 15.1 Å². The average Bonchev–Trinajstić information content (AvgIpc) is 2.58. The smallest absolute Gasteiger partial charge is 0.321 e. The number of nitrogens with zero attached hydrogens (tertiary/aromatic N) is 2. The van der Waals surface area contributed by atoms with Crippen molar-refractivity contribution in [2.24, 2.45) is 0 Å². The summed E-state index contributed by atoms with van der Waals surface area (Å²) in [5.41, 5.74) is 3.16. The molecule has 1 heterocycles. The van der Waals surface area contributed by atoms with Crippen LogP contribution in [0.5, 0.6) is 0 Å². The van der Waals surface area contributed by atoms with E-state index >= 15 is 0 Å². The lowest BCUT2D eigenvalue weighted by molar-refractivity contribution is 0.208. The number of urea groups is 1. The SMILES string of the molecule is Cc1ccccc1NC(=O)N1CCN(c2ccc(Br)cc2)CC1. The summed E-state index contributed by atoms with van der Waals surface area (Å²) in [7, 11) is 0. The number of para-hydroxylation sites is 1. The van der Waals surface area contributed by atoms with Crippen molar-refractivity contribution >= 4 is 33.3 Å². The van der Waals surface area contributed by atoms with Gasteiger partial charge in [-0.15, -0.1) is 0 Å². The molecule has 0 unspecified atom stereocenters. The van der Waals surface area contributed by atoms with Gasteiger partial charge in [0.1, 0.15) is 0 Å². The largest absolute Gasteiger partial charge is 0.368 e. The first kappa shape index (κ1) is 15.9. The van der Waals surface area contributed by atoms with Gasteiger partial charge in [0.25, 0.3) is 0 Å². The highest BCUT2D eigenvalue weighted by Crippen LogP contribution is 2.20. The van der Waals surface area contributed by atoms with Crippen LogP contribution < -0.4 is 10.2 Å². The fourth-order valence-electron chi connectivity index (χ4n) is 2.73. The topological polar surface area (TPSA) is 35.6 Å². The first-order valence-electron chi connectivity index (χ1n) is 7.75. The maximum absolute atomic E-state index is 12.4. The molecule has 3 rings (SSSR count). The minimum Gasteiger partial charge on any atom is -0.368 e. The molecular weight excluding hydrogens is 354 g/mol. The number of piperazine rings is 1. The first-order valence-corrected chi connectivity index (χ1v) is 8.55. The van der Waals surface area contributed by atoms with Crippen molar-refractivity contribution in [2.75, 3.05) is 36.4 Å². The normalized spacial score (nSPS) is 14.7. The molecule has 1 saturated heterocycles. The van der Waals surface area contributed by atoms with E-state index in [1.807, 2.05) is 48.2 Å². The zero-order valence-corrected chi connectivity index (χ0v) is 14.7. The Labute approximate surface area is 145 Å². The second-order valence-corrected chi connectivity index (χ2v) is 6.61. The summed E-state index contributed by atoms with van der Waals surface area (Å²) in [5, 5.41) is 3.00. The molecule has 4 nitrogen and oxygen atoms in total. The van der Waals surface area contributed by atoms with Crippen molar-refractivity contribution in [3.63, 3.8) is 0 Å². The molecule has 0 aliphatic carbocycles. The van der Waals surface area contributed by atoms with E-state index < -0.39 is 0 Å². The van der Waals surface area contributed by atoms with Gasteiger partial charge in [-0.05, 0) is 42.8 Å². The Morgan fingerprint density at radius 2 is 1.65 bits per heavy atom. The van der Waals surface area contributed by atoms with Crippen LogP contribution in [0, 0.1) is 6.92 Å². The van der Waals surface area contributed by atoms with Crippen LogP contribution in [-0.4, -0.2) is 37.1 Å². The zero-order valence-electron chi connectivity index (χ0n) is 13.1. The van der Waals surface area contributed by atoms with Gasteiger partial charge in [-0.2, -0.15) is 0 Å². The van der Waals surface area contributed by atoms with Gasteiger partial charge >= 0.3 is 6.03 Å². The van der Waals surface area contributed by atoms with Crippen LogP contribution in [0.4, 0.5) is 16.2 Å². The quantitative estimate of drug-likeness (QED) is 0.859. The standard InChI is InChI=1S/C18H20BrN3O/c1-14-4-2-3-5-17(14)20-18(23)22-12-10-21(11-13-22)16-8-6-15(19)7-9-16/h2-9H,10-13H2,1H3,(H,20,23). The van der Waals surface area contributed by atoms with Gasteiger partial charge in [0.05, 0.1) is 0 Å². The molecule has 1 aliphatic rings. The summed E-state index contributed by atoms with van der Waals surface area (Å²) >= 11 is 3.46. The molecule has 0 saturated carbocycles. The number of aryl methyl sites for hydroxylation is 1. The van der Waals surface area contributed by atoms with Crippen LogP contribution in [0.1, 0.15) is 5.56 Å². The van der Waals surface area contributed by atoms with Crippen molar-refractivity contribution in [1.82, 2.24) is 4.90 Å². The Morgan fingerprint density at radius 1 is 1.00 bits per heavy atom. The van der Waals surface area contributed by atoms with Crippen LogP contribution in [0.2, 0.25) is 0 Å². The van der Waals surface area contributed by atoms with Crippen molar-refractivity contribution in [2.45, 2.75) is 6.92 Å². The first-order chi connectivity index (χ1) is 11.1. The third kappa shape index (κ3) is 3.85. The molecular formula is C18H20BrN3O. The Hall–Kier alpha value is -2.01. The second-order valence-electron chi connectivity index (χ2n) is 5.70. The Bertz CT molecular complexity index is 679. The number of carbonyl (C=O) groups is 1. The van der Waals surface area contributed by atoms with Gasteiger partial charge in [0.15, 0.2) is 0 Å². The molecule has 1 fully saturated rings. The van der Waals surface area contributed by atoms with Gasteiger partial charge in [0, 0.05) is 42.0 Å². The Kier molecular flexibility index (Phi) is 4.86. The third-order valence-electron chi connectivity index (χ3n) is 4.15. The molecule has 0 spiro atoms. The van der Waals surface area contributed by atoms with E-state index in [1.165, 1.54) is 5.69 Å². The lowest BCUT2D eigenvalue weighted by Crippen LogP contribution is -2.50. The zero-order chi connectivity index (χ0) is 16.2. The summed E-state index contributed by atoms with van der Waals surface area (Å²) in [6, 6.07) is 16.1. The van der Waals surface area contributed by atoms with Crippen LogP contribution in [0.3, 0.4) is 0 Å². The van der Waals surface area contributed by atoms with E-state index in [4.69, 9.17) is 0 Å². The van der Waals surface area contributed by atoms with Crippen LogP contribution >= 0.6 is 15.9 Å². The summed E-state index contributed by atoms with van der Waals surface area (Å²) in [5.74, 6) is 0. The molecule has 23 heavy (non-hydrogen) atoms. The van der Waals surface area contributed by atoms with E-state index in [0.717, 1.165) is 41.9 Å². The predicted octanol–water partition coefficient (Wildman–Crippen LogP) is 4.11. The predicted molar refractivity (Wildman–Crippen MR) is 98.1 cm³/mol. The van der Waals surface area contributed by atoms with Crippen molar-refractivity contribution in [3.05, 3.63) is 58.6 Å². The number of hydrogen-bond donors (Lipinski definition) is 1. The number of halogens is 1. The molecule has 5 heteroatoms. The van der Waals surface area contributed by atoms with E-state index in [1.54, 1.807) is 0 Å². The van der Waals surface area contributed by atoms with Gasteiger partial charge in [-0.3, -0.25) is 0 Å². The molecule has 0 bridgehead atoms. The molecule has 2 amide bonds. The third-order valence-corrected chi connectivity index (χ3v) is 4.67. The highest BCUT2D eigenvalue weighted by atomic mass is 79.9. The highest BCUT2D eigenvalue weighted by Gasteiger charge is 2.21. The number of hydrogen-bond acceptors (Lipinski definition) is 2. The van der Waals surface area contributed by atoms with E-state index in [2.05, 4.69) is 38.3 Å². The van der Waals surface area contributed by atoms with Gasteiger partial charge in [-0.1, -0.05) is 34.1 Å². The number of amides is 2. The lowest BCUT2D eigenvalue weighted by Gasteiger charge is -2.36. The van der Waals surface area contributed by atoms with Crippen molar-refractivity contribution in [3.8, 4) is 0 Å². The number of anilines is 2. The van der Waals surface area contributed by atoms with Crippen LogP contribution in [0.25, 0.3) is 0 Å². The number of nitrogens with one attached hydrogen (secondary N) is 1. The summed E-state index contributed by atoms with van der Waals surface area (Å²) in [4.78, 5) is 16.6. The van der Waals surface area contributed by atoms with Crippen molar-refractivity contribution < 1.29 is 4.79 Å². The fraction of sp³-hybridized carbons (Fsp3) is 0.278. The Morgan fingerprint density at radius 3 is 2.30 bits per heavy atom. The minimum absolute atomic E-state index is 0.0187. The molecule has 2 aromatic rings. The number of carbonyl (C=O) groups excluding carboxylic acids is 1. The average molecular weight is 374 g/mol. The monoisotopic (exact) mass is 373 g/mol. The molecule has 0 atom stereocenters. The fourth-order valence-corrected chi connectivity index (χ4v) is 2.99. The molecule has 0 radical (unpaired) electrons. The molecule has 1 aliphatic heterocycles. The van der Waals surface area contributed by atoms with Crippen LogP contribution in [-0.2, 0) is 0 Å². The van der Waals surface area contributed by atoms with Crippen LogP contribution in [0.15, 0.2) is 53.0 Å². The maximum atomic E-state index is 12.4. The summed E-state index contributed by atoms with van der Waals surface area (Å²) < 4.78 is 1.08. The second kappa shape index (κ2) is 7.04. The van der Waals surface area contributed by atoms with Crippen molar-refractivity contribution in [1.29, 1.82) is 0 Å². The van der Waals surface area contributed by atoms with E-state index in [-0.39, 0.29) is 6.03 Å². The van der Waals surface area contributed by atoms with E-state index in [9.17, 15) is 4.79 Å². The summed E-state index contributed by atoms with van der Waals surface area (Å²) in [6.45, 7) is 5.16. The maximum Gasteiger partial charge on any atom is 0.321 e. The lowest BCUT2D eigenvalue weighted by atomic mass is 10.2. The molecule has 0 aromatic heterocycles. The minimum atomic E-state index is -0.0187. The molecule has 120 valence electrons. The Balaban J connectivity index is 1.57. The number of rotatable bonds is 2. The summed E-state index contributed by atoms with van der Waals surface area (Å²) in [6.07, 6.45) is 0. The highest BCUT2D eigenvalue weighted by molar-refractivity contribution is 9.10. The molecule has 2 aromatic carbocycles. The number of benzene rings is 2. The van der Waals surface area contributed by atoms with Gasteiger partial charge in [0.2, 0.25) is 0 Å². The van der Waals surface area contributed by atoms with E-state index in [0.29, 0.717) is 0 Å².